The van der Waals surface area contributed by atoms with Crippen molar-refractivity contribution < 1.29 is 0 Å². The highest BCUT2D eigenvalue weighted by molar-refractivity contribution is 8.77. The predicted octanol–water partition coefficient (Wildman–Crippen LogP) is 1.12. The van der Waals surface area contributed by atoms with Gasteiger partial charge in [-0.2, -0.15) is 0 Å². The van der Waals surface area contributed by atoms with Gasteiger partial charge in [0.15, 0.2) is 5.99 Å². The summed E-state index contributed by atoms with van der Waals surface area (Å²) < 4.78 is 0. The minimum absolute atomic E-state index is 0.909. The van der Waals surface area contributed by atoms with Crippen LogP contribution in [0.2, 0.25) is 6.82 Å². The topological polar surface area (TPSA) is 0 Å². The Bertz CT molecular complexity index is 100. The largest absolute Gasteiger partial charge is 0.312 e. The van der Waals surface area contributed by atoms with Crippen LogP contribution in [0.3, 0.4) is 0 Å². The van der Waals surface area contributed by atoms with Crippen molar-refractivity contribution in [3.63, 3.8) is 0 Å². The molecule has 0 saturated carbocycles. The third-order valence-electron chi connectivity index (χ3n) is 2.42. The van der Waals surface area contributed by atoms with E-state index in [1.165, 1.54) is 5.65 Å². The van der Waals surface area contributed by atoms with Gasteiger partial charge in [-0.05, 0) is 0 Å². The lowest BCUT2D eigenvalue weighted by molar-refractivity contribution is 2.02. The SMILES string of the molecule is CB1C[SH]1(C)(C)C. The van der Waals surface area contributed by atoms with Crippen LogP contribution >= 0.6 is 9.01 Å². The van der Waals surface area contributed by atoms with E-state index in [0.29, 0.717) is 0 Å². The number of thiol groups is 1. The van der Waals surface area contributed by atoms with E-state index in [2.05, 4.69) is 25.6 Å². The minimum Gasteiger partial charge on any atom is -0.312 e. The van der Waals surface area contributed by atoms with E-state index >= 15 is 0 Å². The first kappa shape index (κ1) is 5.55. The molecule has 0 atom stereocenters. The van der Waals surface area contributed by atoms with Gasteiger partial charge in [0, 0.05) is 0 Å². The first-order valence-corrected chi connectivity index (χ1v) is 6.73. The highest BCUT2D eigenvalue weighted by atomic mass is 32.3. The highest BCUT2D eigenvalue weighted by Crippen LogP contribution is 2.75. The van der Waals surface area contributed by atoms with Crippen molar-refractivity contribution in [1.29, 1.82) is 0 Å². The molecule has 0 radical (unpaired) electrons. The number of rotatable bonds is 0. The summed E-state index contributed by atoms with van der Waals surface area (Å²) in [6.07, 6.45) is 7.41. The quantitative estimate of drug-likeness (QED) is 0.275. The van der Waals surface area contributed by atoms with Crippen LogP contribution in [0.25, 0.3) is 0 Å². The van der Waals surface area contributed by atoms with Gasteiger partial charge in [-0.3, -0.25) is 0 Å². The van der Waals surface area contributed by atoms with Gasteiger partial charge in [0.05, 0.1) is 0 Å². The molecule has 44 valence electrons. The third-order valence-corrected chi connectivity index (χ3v) is 7.25. The van der Waals surface area contributed by atoms with E-state index in [1.54, 1.807) is 0 Å². The lowest BCUT2D eigenvalue weighted by atomic mass is 9.87. The molecule has 0 N–H and O–H groups in total. The fraction of sp³-hybridized carbons (Fsp3) is 1.00. The summed E-state index contributed by atoms with van der Waals surface area (Å²) in [5.74, 6) is 1.07. The molecular formula is C5H15BS. The van der Waals surface area contributed by atoms with Crippen LogP contribution in [-0.2, 0) is 0 Å². The standard InChI is InChI=1S/C5H15BS/c1-6-5-7(6,2,3)4/h7H,5H2,1-4H3. The zero-order valence-electron chi connectivity index (χ0n) is 5.73. The summed E-state index contributed by atoms with van der Waals surface area (Å²) in [7, 11) is -0.909. The Kier molecular flexibility index (Phi) is 0.718. The normalized spacial score (nSPS) is 38.9. The summed E-state index contributed by atoms with van der Waals surface area (Å²) in [6.45, 7) is 2.37. The van der Waals surface area contributed by atoms with Crippen LogP contribution in [0, 0.1) is 0 Å². The van der Waals surface area contributed by atoms with E-state index in [0.717, 1.165) is 5.99 Å². The van der Waals surface area contributed by atoms with Crippen LogP contribution in [0.1, 0.15) is 0 Å². The first-order valence-electron chi connectivity index (χ1n) is 2.90. The van der Waals surface area contributed by atoms with Gasteiger partial charge in [-0.15, -0.1) is 0 Å². The third kappa shape index (κ3) is 0.811. The lowest BCUT2D eigenvalue weighted by Gasteiger charge is -2.29. The van der Waals surface area contributed by atoms with E-state index < -0.39 is 9.01 Å². The van der Waals surface area contributed by atoms with Gasteiger partial charge in [0.2, 0.25) is 0 Å². The van der Waals surface area contributed by atoms with Crippen molar-refractivity contribution in [2.24, 2.45) is 0 Å². The Labute approximate surface area is 46.9 Å². The van der Waals surface area contributed by atoms with Crippen LogP contribution in [0.5, 0.6) is 0 Å². The van der Waals surface area contributed by atoms with Gasteiger partial charge >= 0.3 is 0 Å². The summed E-state index contributed by atoms with van der Waals surface area (Å²) in [5, 5.41) is 0. The second kappa shape index (κ2) is 0.905. The average Bonchev–Trinajstić information content (AvgIpc) is 1.66. The fourth-order valence-corrected chi connectivity index (χ4v) is 4.16. The van der Waals surface area contributed by atoms with Gasteiger partial charge in [-0.25, -0.2) is 0 Å². The predicted molar refractivity (Wildman–Crippen MR) is 43.2 cm³/mol. The maximum atomic E-state index is 2.47. The van der Waals surface area contributed by atoms with Crippen molar-refractivity contribution in [3.8, 4) is 0 Å². The summed E-state index contributed by atoms with van der Waals surface area (Å²) in [5.41, 5.74) is 1.53. The molecule has 7 heavy (non-hydrogen) atoms. The van der Waals surface area contributed by atoms with Gasteiger partial charge in [0.1, 0.15) is 0 Å². The molecule has 0 aromatic heterocycles. The molecule has 0 unspecified atom stereocenters. The second-order valence-corrected chi connectivity index (χ2v) is 12.0. The summed E-state index contributed by atoms with van der Waals surface area (Å²) >= 11 is 0. The molecule has 0 spiro atoms. The van der Waals surface area contributed by atoms with Crippen molar-refractivity contribution in [1.82, 2.24) is 0 Å². The molecule has 0 amide bonds. The molecule has 1 aliphatic rings. The molecule has 2 heteroatoms. The van der Waals surface area contributed by atoms with Crippen LogP contribution < -0.4 is 0 Å². The van der Waals surface area contributed by atoms with E-state index in [1.807, 2.05) is 0 Å². The van der Waals surface area contributed by atoms with E-state index in [9.17, 15) is 0 Å². The van der Waals surface area contributed by atoms with Crippen LogP contribution in [0.4, 0.5) is 0 Å². The average molecular weight is 118 g/mol. The Morgan fingerprint density at radius 2 is 1.43 bits per heavy atom. The Morgan fingerprint density at radius 3 is 1.43 bits per heavy atom. The second-order valence-electron chi connectivity index (χ2n) is 4.28. The number of hydrogen-bond donors (Lipinski definition) is 1. The van der Waals surface area contributed by atoms with Crippen LogP contribution in [0.15, 0.2) is 0 Å². The Morgan fingerprint density at radius 1 is 1.29 bits per heavy atom. The first-order chi connectivity index (χ1) is 2.90. The molecule has 1 aliphatic heterocycles. The Balaban J connectivity index is 2.69. The minimum atomic E-state index is -0.909. The molecule has 0 aliphatic carbocycles. The Hall–Kier alpha value is 0.415. The molecule has 0 aromatic rings. The monoisotopic (exact) mass is 118 g/mol. The molecular weight excluding hydrogens is 103 g/mol. The smallest absolute Gasteiger partial charge is 0.179 e. The van der Waals surface area contributed by atoms with Crippen molar-refractivity contribution in [2.45, 2.75) is 6.82 Å². The van der Waals surface area contributed by atoms with Crippen LogP contribution in [-0.4, -0.2) is 30.4 Å². The molecule has 0 aromatic carbocycles. The summed E-state index contributed by atoms with van der Waals surface area (Å²) in [4.78, 5) is 0. The van der Waals surface area contributed by atoms with E-state index in [4.69, 9.17) is 0 Å². The van der Waals surface area contributed by atoms with Gasteiger partial charge in [-0.1, -0.05) is 31.2 Å². The molecule has 0 nitrogen and oxygen atoms in total. The molecule has 1 fully saturated rings. The van der Waals surface area contributed by atoms with Gasteiger partial charge in [0.25, 0.3) is 0 Å². The van der Waals surface area contributed by atoms with E-state index in [-0.39, 0.29) is 0 Å². The van der Waals surface area contributed by atoms with Crippen molar-refractivity contribution in [3.05, 3.63) is 0 Å². The fourth-order valence-electron chi connectivity index (χ4n) is 0.898. The molecule has 1 heterocycles. The maximum absolute atomic E-state index is 2.47. The number of hydrogen-bond acceptors (Lipinski definition) is 0. The maximum Gasteiger partial charge on any atom is 0.179 e. The molecule has 1 rings (SSSR count). The molecule has 1 saturated heterocycles. The summed E-state index contributed by atoms with van der Waals surface area (Å²) in [6, 6.07) is 0. The van der Waals surface area contributed by atoms with Crippen molar-refractivity contribution >= 4 is 15.0 Å². The highest BCUT2D eigenvalue weighted by Gasteiger charge is 2.51. The lowest BCUT2D eigenvalue weighted by Crippen LogP contribution is -1.96. The van der Waals surface area contributed by atoms with Gasteiger partial charge < -0.3 is 9.01 Å². The molecule has 0 bridgehead atoms. The zero-order chi connectivity index (χ0) is 5.73. The zero-order valence-corrected chi connectivity index (χ0v) is 6.63. The van der Waals surface area contributed by atoms with Crippen molar-refractivity contribution in [2.75, 3.05) is 24.4 Å².